The number of sulfonamides is 1. The van der Waals surface area contributed by atoms with E-state index in [-0.39, 0.29) is 22.5 Å². The van der Waals surface area contributed by atoms with E-state index < -0.39 is 20.7 Å². The fourth-order valence-corrected chi connectivity index (χ4v) is 3.29. The topological polar surface area (TPSA) is 113 Å². The van der Waals surface area contributed by atoms with Crippen LogP contribution in [0.2, 0.25) is 0 Å². The van der Waals surface area contributed by atoms with Crippen LogP contribution in [0.3, 0.4) is 0 Å². The van der Waals surface area contributed by atoms with E-state index in [1.165, 1.54) is 36.4 Å². The van der Waals surface area contributed by atoms with E-state index in [1.54, 1.807) is 13.0 Å². The molecule has 2 aromatic rings. The summed E-state index contributed by atoms with van der Waals surface area (Å²) in [5, 5.41) is 20.0. The first-order chi connectivity index (χ1) is 10.8. The molecule has 0 aromatic heterocycles. The minimum atomic E-state index is -3.90. The van der Waals surface area contributed by atoms with Gasteiger partial charge in [0.2, 0.25) is 10.0 Å². The van der Waals surface area contributed by atoms with Gasteiger partial charge in [0.25, 0.3) is 5.69 Å². The monoisotopic (exact) mass is 331 g/mol. The van der Waals surface area contributed by atoms with Gasteiger partial charge in [0.05, 0.1) is 16.2 Å². The molecule has 2 aromatic carbocycles. The molecule has 0 bridgehead atoms. The van der Waals surface area contributed by atoms with Gasteiger partial charge in [-0.25, -0.2) is 8.42 Å². The van der Waals surface area contributed by atoms with Gasteiger partial charge in [-0.3, -0.25) is 14.8 Å². The van der Waals surface area contributed by atoms with Crippen molar-refractivity contribution in [2.75, 3.05) is 4.72 Å². The standard InChI is InChI=1S/C15H13N3O4S/c1-11-6-7-12(9-16)14(8-11)17-23(21,22)10-13-4-2-3-5-15(13)18(19)20/h2-8,17H,10H2,1H3. The minimum absolute atomic E-state index is 0.0798. The van der Waals surface area contributed by atoms with E-state index in [0.29, 0.717) is 0 Å². The Bertz CT molecular complexity index is 901. The Morgan fingerprint density at radius 1 is 1.26 bits per heavy atom. The van der Waals surface area contributed by atoms with Crippen molar-refractivity contribution in [1.29, 1.82) is 5.26 Å². The van der Waals surface area contributed by atoms with Crippen LogP contribution in [0, 0.1) is 28.4 Å². The summed E-state index contributed by atoms with van der Waals surface area (Å²) >= 11 is 0. The van der Waals surface area contributed by atoms with Crippen molar-refractivity contribution >= 4 is 21.4 Å². The lowest BCUT2D eigenvalue weighted by Crippen LogP contribution is -2.16. The van der Waals surface area contributed by atoms with Crippen LogP contribution >= 0.6 is 0 Å². The van der Waals surface area contributed by atoms with Crippen LogP contribution in [0.25, 0.3) is 0 Å². The molecule has 0 aliphatic rings. The highest BCUT2D eigenvalue weighted by molar-refractivity contribution is 7.91. The predicted octanol–water partition coefficient (Wildman–Crippen LogP) is 2.72. The van der Waals surface area contributed by atoms with Gasteiger partial charge in [-0.15, -0.1) is 0 Å². The number of nitro benzene ring substituents is 1. The van der Waals surface area contributed by atoms with Crippen LogP contribution in [-0.2, 0) is 15.8 Å². The van der Waals surface area contributed by atoms with Crippen molar-refractivity contribution in [3.8, 4) is 6.07 Å². The second kappa shape index (κ2) is 6.46. The molecule has 0 amide bonds. The maximum Gasteiger partial charge on any atom is 0.273 e. The molecule has 0 atom stereocenters. The van der Waals surface area contributed by atoms with Gasteiger partial charge < -0.3 is 0 Å². The SMILES string of the molecule is Cc1ccc(C#N)c(NS(=O)(=O)Cc2ccccc2[N+](=O)[O-])c1. The fourth-order valence-electron chi connectivity index (χ4n) is 2.06. The van der Waals surface area contributed by atoms with Crippen molar-refractivity contribution in [2.45, 2.75) is 12.7 Å². The number of aryl methyl sites for hydroxylation is 1. The number of para-hydroxylation sites is 1. The summed E-state index contributed by atoms with van der Waals surface area (Å²) in [7, 11) is -3.90. The van der Waals surface area contributed by atoms with Gasteiger partial charge in [0, 0.05) is 11.6 Å². The molecule has 0 unspecified atom stereocenters. The Morgan fingerprint density at radius 3 is 2.61 bits per heavy atom. The van der Waals surface area contributed by atoms with Gasteiger partial charge in [0.15, 0.2) is 0 Å². The minimum Gasteiger partial charge on any atom is -0.282 e. The van der Waals surface area contributed by atoms with Crippen molar-refractivity contribution < 1.29 is 13.3 Å². The van der Waals surface area contributed by atoms with Crippen molar-refractivity contribution in [3.05, 3.63) is 69.3 Å². The van der Waals surface area contributed by atoms with Gasteiger partial charge in [-0.05, 0) is 24.6 Å². The molecular weight excluding hydrogens is 318 g/mol. The fraction of sp³-hybridized carbons (Fsp3) is 0.133. The lowest BCUT2D eigenvalue weighted by molar-refractivity contribution is -0.385. The number of nitriles is 1. The summed E-state index contributed by atoms with van der Waals surface area (Å²) in [5.41, 5.74) is 0.944. The lowest BCUT2D eigenvalue weighted by atomic mass is 10.1. The number of nitro groups is 1. The normalized spacial score (nSPS) is 10.8. The third-order valence-corrected chi connectivity index (χ3v) is 4.32. The van der Waals surface area contributed by atoms with E-state index in [4.69, 9.17) is 5.26 Å². The smallest absolute Gasteiger partial charge is 0.273 e. The van der Waals surface area contributed by atoms with E-state index >= 15 is 0 Å². The predicted molar refractivity (Wildman–Crippen MR) is 85.2 cm³/mol. The van der Waals surface area contributed by atoms with Crippen LogP contribution in [0.4, 0.5) is 11.4 Å². The molecule has 0 aliphatic carbocycles. The van der Waals surface area contributed by atoms with Crippen LogP contribution in [0.5, 0.6) is 0 Å². The molecule has 0 heterocycles. The lowest BCUT2D eigenvalue weighted by Gasteiger charge is -2.10. The van der Waals surface area contributed by atoms with Gasteiger partial charge >= 0.3 is 0 Å². The average Bonchev–Trinajstić information content (AvgIpc) is 2.47. The Morgan fingerprint density at radius 2 is 1.96 bits per heavy atom. The summed E-state index contributed by atoms with van der Waals surface area (Å²) in [6.45, 7) is 1.76. The summed E-state index contributed by atoms with van der Waals surface area (Å²) in [6, 6.07) is 12.3. The first-order valence-corrected chi connectivity index (χ1v) is 8.21. The first kappa shape index (κ1) is 16.5. The van der Waals surface area contributed by atoms with Gasteiger partial charge in [-0.1, -0.05) is 24.3 Å². The van der Waals surface area contributed by atoms with Crippen molar-refractivity contribution in [2.24, 2.45) is 0 Å². The van der Waals surface area contributed by atoms with Crippen LogP contribution < -0.4 is 4.72 Å². The number of nitrogens with zero attached hydrogens (tertiary/aromatic N) is 2. The van der Waals surface area contributed by atoms with E-state index in [1.807, 2.05) is 6.07 Å². The number of rotatable bonds is 5. The maximum absolute atomic E-state index is 12.3. The number of benzene rings is 2. The zero-order valence-electron chi connectivity index (χ0n) is 12.2. The molecule has 23 heavy (non-hydrogen) atoms. The van der Waals surface area contributed by atoms with Crippen molar-refractivity contribution in [1.82, 2.24) is 0 Å². The number of nitrogens with one attached hydrogen (secondary N) is 1. The zero-order valence-corrected chi connectivity index (χ0v) is 13.0. The first-order valence-electron chi connectivity index (χ1n) is 6.56. The van der Waals surface area contributed by atoms with Crippen LogP contribution in [-0.4, -0.2) is 13.3 Å². The molecule has 8 heteroatoms. The third kappa shape index (κ3) is 4.05. The van der Waals surface area contributed by atoms with E-state index in [2.05, 4.69) is 4.72 Å². The highest BCUT2D eigenvalue weighted by Crippen LogP contribution is 2.23. The highest BCUT2D eigenvalue weighted by atomic mass is 32.2. The molecule has 2 rings (SSSR count). The molecule has 1 N–H and O–H groups in total. The summed E-state index contributed by atoms with van der Waals surface area (Å²) in [4.78, 5) is 10.3. The van der Waals surface area contributed by atoms with E-state index in [9.17, 15) is 18.5 Å². The summed E-state index contributed by atoms with van der Waals surface area (Å²) in [5.74, 6) is -0.553. The second-order valence-electron chi connectivity index (χ2n) is 4.91. The molecule has 0 saturated carbocycles. The molecule has 0 fully saturated rings. The molecule has 7 nitrogen and oxygen atoms in total. The van der Waals surface area contributed by atoms with Crippen LogP contribution in [0.15, 0.2) is 42.5 Å². The number of hydrogen-bond acceptors (Lipinski definition) is 5. The van der Waals surface area contributed by atoms with Crippen molar-refractivity contribution in [3.63, 3.8) is 0 Å². The summed E-state index contributed by atoms with van der Waals surface area (Å²) < 4.78 is 26.9. The largest absolute Gasteiger partial charge is 0.282 e. The molecule has 0 radical (unpaired) electrons. The second-order valence-corrected chi connectivity index (χ2v) is 6.63. The quantitative estimate of drug-likeness (QED) is 0.668. The maximum atomic E-state index is 12.3. The Labute approximate surface area is 133 Å². The molecule has 0 spiro atoms. The molecule has 0 aliphatic heterocycles. The molecule has 118 valence electrons. The number of hydrogen-bond donors (Lipinski definition) is 1. The van der Waals surface area contributed by atoms with Gasteiger partial charge in [-0.2, -0.15) is 5.26 Å². The Hall–Kier alpha value is -2.92. The number of anilines is 1. The van der Waals surface area contributed by atoms with E-state index in [0.717, 1.165) is 5.56 Å². The summed E-state index contributed by atoms with van der Waals surface area (Å²) in [6.07, 6.45) is 0. The van der Waals surface area contributed by atoms with Gasteiger partial charge in [0.1, 0.15) is 11.8 Å². The third-order valence-electron chi connectivity index (χ3n) is 3.09. The average molecular weight is 331 g/mol. The Balaban J connectivity index is 2.33. The zero-order chi connectivity index (χ0) is 17.0. The highest BCUT2D eigenvalue weighted by Gasteiger charge is 2.20. The molecule has 0 saturated heterocycles. The molecular formula is C15H13N3O4S. The van der Waals surface area contributed by atoms with Crippen LogP contribution in [0.1, 0.15) is 16.7 Å². The Kier molecular flexibility index (Phi) is 4.62.